The Morgan fingerprint density at radius 2 is 2.19 bits per heavy atom. The van der Waals surface area contributed by atoms with Crippen LogP contribution in [0.4, 0.5) is 5.69 Å². The number of nitro benzene ring substituents is 1. The molecule has 1 aromatic heterocycles. The smallest absolute Gasteiger partial charge is 0.279 e. The Kier molecular flexibility index (Phi) is 2.93. The van der Waals surface area contributed by atoms with Crippen molar-refractivity contribution < 1.29 is 4.92 Å². The molecule has 16 heavy (non-hydrogen) atoms. The van der Waals surface area contributed by atoms with E-state index in [1.807, 2.05) is 0 Å². The molecule has 82 valence electrons. The van der Waals surface area contributed by atoms with Crippen molar-refractivity contribution in [3.05, 3.63) is 45.5 Å². The molecule has 0 aliphatic heterocycles. The molecule has 0 aliphatic rings. The van der Waals surface area contributed by atoms with E-state index < -0.39 is 4.92 Å². The van der Waals surface area contributed by atoms with Crippen LogP contribution in [0.1, 0.15) is 4.88 Å². The molecule has 0 radical (unpaired) electrons. The van der Waals surface area contributed by atoms with Gasteiger partial charge in [-0.3, -0.25) is 10.1 Å². The number of benzene rings is 1. The number of aromatic nitrogens is 1. The molecular formula is C10H9N3O2S. The molecule has 0 saturated heterocycles. The first-order valence-corrected chi connectivity index (χ1v) is 5.42. The quantitative estimate of drug-likeness (QED) is 0.653. The van der Waals surface area contributed by atoms with Crippen molar-refractivity contribution in [2.75, 3.05) is 0 Å². The number of nitro groups is 1. The number of hydrogen-bond acceptors (Lipinski definition) is 5. The maximum Gasteiger partial charge on any atom is 0.279 e. The van der Waals surface area contributed by atoms with E-state index in [0.29, 0.717) is 17.1 Å². The summed E-state index contributed by atoms with van der Waals surface area (Å²) in [6.07, 6.45) is 1.65. The van der Waals surface area contributed by atoms with Gasteiger partial charge in [0.2, 0.25) is 0 Å². The molecule has 5 nitrogen and oxygen atoms in total. The highest BCUT2D eigenvalue weighted by atomic mass is 32.1. The lowest BCUT2D eigenvalue weighted by Crippen LogP contribution is -1.91. The molecule has 0 spiro atoms. The molecule has 1 aromatic carbocycles. The molecule has 2 aromatic rings. The third-order valence-corrected chi connectivity index (χ3v) is 3.14. The van der Waals surface area contributed by atoms with Crippen LogP contribution < -0.4 is 5.73 Å². The van der Waals surface area contributed by atoms with Gasteiger partial charge in [-0.2, -0.15) is 0 Å². The number of hydrogen-bond donors (Lipinski definition) is 1. The van der Waals surface area contributed by atoms with Crippen molar-refractivity contribution >= 4 is 17.0 Å². The first-order chi connectivity index (χ1) is 7.72. The van der Waals surface area contributed by atoms with Gasteiger partial charge in [0.1, 0.15) is 5.01 Å². The summed E-state index contributed by atoms with van der Waals surface area (Å²) in [5, 5.41) is 11.5. The van der Waals surface area contributed by atoms with Crippen LogP contribution in [0, 0.1) is 10.1 Å². The minimum Gasteiger partial charge on any atom is -0.326 e. The number of para-hydroxylation sites is 1. The molecule has 0 atom stereocenters. The molecule has 0 saturated carbocycles. The van der Waals surface area contributed by atoms with Crippen molar-refractivity contribution in [3.63, 3.8) is 0 Å². The van der Waals surface area contributed by atoms with E-state index in [-0.39, 0.29) is 5.69 Å². The van der Waals surface area contributed by atoms with E-state index in [9.17, 15) is 10.1 Å². The van der Waals surface area contributed by atoms with Crippen molar-refractivity contribution in [1.82, 2.24) is 4.98 Å². The van der Waals surface area contributed by atoms with E-state index >= 15 is 0 Å². The summed E-state index contributed by atoms with van der Waals surface area (Å²) < 4.78 is 0. The van der Waals surface area contributed by atoms with Crippen LogP contribution in [0.5, 0.6) is 0 Å². The Morgan fingerprint density at radius 3 is 2.81 bits per heavy atom. The van der Waals surface area contributed by atoms with E-state index in [4.69, 9.17) is 5.73 Å². The highest BCUT2D eigenvalue weighted by molar-refractivity contribution is 7.15. The Balaban J connectivity index is 2.50. The summed E-state index contributed by atoms with van der Waals surface area (Å²) in [6.45, 7) is 0.401. The predicted molar refractivity (Wildman–Crippen MR) is 62.1 cm³/mol. The van der Waals surface area contributed by atoms with E-state index in [1.54, 1.807) is 24.4 Å². The molecule has 0 unspecified atom stereocenters. The number of nitrogens with two attached hydrogens (primary N) is 1. The SMILES string of the molecule is NCc1cnc(-c2ccccc2[N+](=O)[O-])s1. The zero-order valence-corrected chi connectivity index (χ0v) is 9.11. The third kappa shape index (κ3) is 1.93. The first kappa shape index (κ1) is 10.7. The number of rotatable bonds is 3. The zero-order valence-electron chi connectivity index (χ0n) is 8.29. The molecule has 0 aliphatic carbocycles. The van der Waals surface area contributed by atoms with Crippen molar-refractivity contribution in [2.24, 2.45) is 5.73 Å². The Hall–Kier alpha value is -1.79. The minimum absolute atomic E-state index is 0.0698. The van der Waals surface area contributed by atoms with Crippen LogP contribution in [-0.2, 0) is 6.54 Å². The Labute approximate surface area is 95.7 Å². The Bertz CT molecular complexity index is 524. The second-order valence-electron chi connectivity index (χ2n) is 3.11. The highest BCUT2D eigenvalue weighted by Crippen LogP contribution is 2.32. The van der Waals surface area contributed by atoms with Crippen molar-refractivity contribution in [2.45, 2.75) is 6.54 Å². The van der Waals surface area contributed by atoms with Crippen LogP contribution in [0.25, 0.3) is 10.6 Å². The Morgan fingerprint density at radius 1 is 1.44 bits per heavy atom. The van der Waals surface area contributed by atoms with Crippen LogP contribution in [-0.4, -0.2) is 9.91 Å². The van der Waals surface area contributed by atoms with Crippen molar-refractivity contribution in [3.8, 4) is 10.6 Å². The molecular weight excluding hydrogens is 226 g/mol. The van der Waals surface area contributed by atoms with Gasteiger partial charge >= 0.3 is 0 Å². The van der Waals surface area contributed by atoms with Gasteiger partial charge < -0.3 is 5.73 Å². The normalized spacial score (nSPS) is 10.3. The zero-order chi connectivity index (χ0) is 11.5. The second kappa shape index (κ2) is 4.38. The fourth-order valence-electron chi connectivity index (χ4n) is 1.34. The van der Waals surface area contributed by atoms with Crippen LogP contribution in [0.2, 0.25) is 0 Å². The summed E-state index contributed by atoms with van der Waals surface area (Å²) in [5.41, 5.74) is 6.08. The average molecular weight is 235 g/mol. The molecule has 0 fully saturated rings. The summed E-state index contributed by atoms with van der Waals surface area (Å²) in [4.78, 5) is 15.5. The van der Waals surface area contributed by atoms with Gasteiger partial charge in [-0.05, 0) is 6.07 Å². The standard InChI is InChI=1S/C10H9N3O2S/c11-5-7-6-12-10(16-7)8-3-1-2-4-9(8)13(14)15/h1-4,6H,5,11H2. The van der Waals surface area contributed by atoms with Gasteiger partial charge in [-0.25, -0.2) is 4.98 Å². The van der Waals surface area contributed by atoms with E-state index in [2.05, 4.69) is 4.98 Å². The van der Waals surface area contributed by atoms with Crippen LogP contribution in [0.3, 0.4) is 0 Å². The third-order valence-electron chi connectivity index (χ3n) is 2.09. The summed E-state index contributed by atoms with van der Waals surface area (Å²) in [5.74, 6) is 0. The van der Waals surface area contributed by atoms with Gasteiger partial charge in [0, 0.05) is 23.7 Å². The van der Waals surface area contributed by atoms with Gasteiger partial charge in [0.15, 0.2) is 0 Å². The largest absolute Gasteiger partial charge is 0.326 e. The fourth-order valence-corrected chi connectivity index (χ4v) is 2.17. The molecule has 0 amide bonds. The molecule has 2 rings (SSSR count). The monoisotopic (exact) mass is 235 g/mol. The highest BCUT2D eigenvalue weighted by Gasteiger charge is 2.16. The maximum atomic E-state index is 10.8. The minimum atomic E-state index is -0.404. The lowest BCUT2D eigenvalue weighted by atomic mass is 10.2. The van der Waals surface area contributed by atoms with Gasteiger partial charge in [0.05, 0.1) is 10.5 Å². The van der Waals surface area contributed by atoms with Gasteiger partial charge in [-0.1, -0.05) is 12.1 Å². The molecule has 1 heterocycles. The predicted octanol–water partition coefficient (Wildman–Crippen LogP) is 2.18. The average Bonchev–Trinajstić information content (AvgIpc) is 2.77. The van der Waals surface area contributed by atoms with Crippen LogP contribution in [0.15, 0.2) is 30.5 Å². The molecule has 2 N–H and O–H groups in total. The first-order valence-electron chi connectivity index (χ1n) is 4.61. The second-order valence-corrected chi connectivity index (χ2v) is 4.23. The number of thiazole rings is 1. The fraction of sp³-hybridized carbons (Fsp3) is 0.100. The van der Waals surface area contributed by atoms with Crippen LogP contribution >= 0.6 is 11.3 Å². The van der Waals surface area contributed by atoms with Crippen molar-refractivity contribution in [1.29, 1.82) is 0 Å². The molecule has 6 heteroatoms. The van der Waals surface area contributed by atoms with Gasteiger partial charge in [-0.15, -0.1) is 11.3 Å². The topological polar surface area (TPSA) is 82.0 Å². The maximum absolute atomic E-state index is 10.8. The summed E-state index contributed by atoms with van der Waals surface area (Å²) in [7, 11) is 0. The summed E-state index contributed by atoms with van der Waals surface area (Å²) in [6, 6.07) is 6.56. The summed E-state index contributed by atoms with van der Waals surface area (Å²) >= 11 is 1.38. The van der Waals surface area contributed by atoms with E-state index in [0.717, 1.165) is 4.88 Å². The van der Waals surface area contributed by atoms with E-state index in [1.165, 1.54) is 17.4 Å². The lowest BCUT2D eigenvalue weighted by Gasteiger charge is -1.97. The lowest BCUT2D eigenvalue weighted by molar-refractivity contribution is -0.384. The molecule has 0 bridgehead atoms. The van der Waals surface area contributed by atoms with Gasteiger partial charge in [0.25, 0.3) is 5.69 Å². The number of nitrogens with zero attached hydrogens (tertiary/aromatic N) is 2.